The fraction of sp³-hybridized carbons (Fsp3) is 0.417. The monoisotopic (exact) mass is 255 g/mol. The van der Waals surface area contributed by atoms with E-state index in [1.807, 2.05) is 35.7 Å². The van der Waals surface area contributed by atoms with Gasteiger partial charge in [0, 0.05) is 19.3 Å². The Hall–Kier alpha value is -1.53. The maximum atomic E-state index is 12.1. The number of hydrogen-bond acceptors (Lipinski definition) is 3. The third-order valence-electron chi connectivity index (χ3n) is 2.77. The van der Waals surface area contributed by atoms with Crippen LogP contribution in [0.1, 0.15) is 11.4 Å². The molecule has 0 bridgehead atoms. The first-order valence-corrected chi connectivity index (χ1v) is 5.69. The molecule has 98 valence electrons. The summed E-state index contributed by atoms with van der Waals surface area (Å²) < 4.78 is 26.1. The fourth-order valence-electron chi connectivity index (χ4n) is 1.80. The van der Waals surface area contributed by atoms with E-state index in [0.717, 1.165) is 17.0 Å². The van der Waals surface area contributed by atoms with Crippen LogP contribution in [0.5, 0.6) is 0 Å². The van der Waals surface area contributed by atoms with E-state index in [1.165, 1.54) is 0 Å². The van der Waals surface area contributed by atoms with Crippen LogP contribution in [-0.4, -0.2) is 33.6 Å². The number of rotatable bonds is 5. The van der Waals surface area contributed by atoms with Crippen LogP contribution in [0.4, 0.5) is 8.78 Å². The number of alkyl halides is 2. The molecule has 1 unspecified atom stereocenters. The smallest absolute Gasteiger partial charge is 0.265 e. The normalized spacial score (nSPS) is 13.4. The molecule has 0 aromatic carbocycles. The lowest BCUT2D eigenvalue weighted by atomic mass is 10.3. The van der Waals surface area contributed by atoms with Crippen LogP contribution < -0.4 is 5.32 Å². The molecule has 0 aliphatic carbocycles. The van der Waals surface area contributed by atoms with Gasteiger partial charge in [0.2, 0.25) is 0 Å². The van der Waals surface area contributed by atoms with Gasteiger partial charge in [-0.2, -0.15) is 0 Å². The summed E-state index contributed by atoms with van der Waals surface area (Å²) in [5, 5.41) is 11.8. The number of pyridine rings is 1. The Labute approximate surface area is 103 Å². The van der Waals surface area contributed by atoms with Gasteiger partial charge in [-0.15, -0.1) is 0 Å². The summed E-state index contributed by atoms with van der Waals surface area (Å²) in [5.74, 6) is 0. The highest BCUT2D eigenvalue weighted by molar-refractivity contribution is 5.42. The molecule has 2 rings (SSSR count). The number of aromatic nitrogens is 2. The Morgan fingerprint density at radius 3 is 2.94 bits per heavy atom. The first-order valence-electron chi connectivity index (χ1n) is 5.69. The Kier molecular flexibility index (Phi) is 3.88. The van der Waals surface area contributed by atoms with E-state index < -0.39 is 12.5 Å². The number of aliphatic hydroxyl groups excluding tert-OH is 1. The number of hydrogen-bond donors (Lipinski definition) is 2. The molecule has 2 heterocycles. The van der Waals surface area contributed by atoms with Crippen molar-refractivity contribution in [3.8, 4) is 0 Å². The van der Waals surface area contributed by atoms with Crippen molar-refractivity contribution in [1.82, 2.24) is 14.7 Å². The molecule has 1 atom stereocenters. The number of halogens is 2. The van der Waals surface area contributed by atoms with Gasteiger partial charge < -0.3 is 14.8 Å². The summed E-state index contributed by atoms with van der Waals surface area (Å²) >= 11 is 0. The van der Waals surface area contributed by atoms with Crippen molar-refractivity contribution in [3.05, 3.63) is 35.8 Å². The maximum absolute atomic E-state index is 12.1. The van der Waals surface area contributed by atoms with E-state index in [1.54, 1.807) is 0 Å². The molecule has 6 heteroatoms. The van der Waals surface area contributed by atoms with E-state index in [2.05, 4.69) is 10.3 Å². The molecular weight excluding hydrogens is 240 g/mol. The van der Waals surface area contributed by atoms with Crippen LogP contribution in [-0.2, 0) is 6.54 Å². The predicted octanol–water partition coefficient (Wildman–Crippen LogP) is 1.36. The minimum atomic E-state index is -2.72. The molecule has 0 aliphatic rings. The number of fused-ring (bicyclic) bond motifs is 1. The fourth-order valence-corrected chi connectivity index (χ4v) is 1.80. The number of aliphatic hydroxyl groups is 1. The van der Waals surface area contributed by atoms with Crippen LogP contribution in [0.25, 0.3) is 5.65 Å². The van der Waals surface area contributed by atoms with E-state index in [0.29, 0.717) is 6.54 Å². The van der Waals surface area contributed by atoms with Gasteiger partial charge in [-0.25, -0.2) is 13.8 Å². The standard InChI is InChI=1S/C12H15F2N3O/c1-8-9(6-15-7-10(18)12(13)14)17-5-3-2-4-11(17)16-8/h2-5,10,12,15,18H,6-7H2,1H3. The van der Waals surface area contributed by atoms with Gasteiger partial charge in [-0.05, 0) is 19.1 Å². The molecule has 18 heavy (non-hydrogen) atoms. The number of nitrogens with zero attached hydrogens (tertiary/aromatic N) is 2. The topological polar surface area (TPSA) is 49.6 Å². The van der Waals surface area contributed by atoms with Crippen LogP contribution in [0.2, 0.25) is 0 Å². The van der Waals surface area contributed by atoms with Crippen molar-refractivity contribution in [2.75, 3.05) is 6.54 Å². The minimum absolute atomic E-state index is 0.142. The second-order valence-corrected chi connectivity index (χ2v) is 4.11. The van der Waals surface area contributed by atoms with Gasteiger partial charge in [0.1, 0.15) is 11.8 Å². The van der Waals surface area contributed by atoms with Gasteiger partial charge in [0.15, 0.2) is 0 Å². The van der Waals surface area contributed by atoms with Gasteiger partial charge in [0.25, 0.3) is 6.43 Å². The Morgan fingerprint density at radius 2 is 2.22 bits per heavy atom. The average Bonchev–Trinajstić information content (AvgIpc) is 2.65. The molecule has 0 fully saturated rings. The summed E-state index contributed by atoms with van der Waals surface area (Å²) in [6.07, 6.45) is -2.49. The zero-order valence-corrected chi connectivity index (χ0v) is 9.98. The summed E-state index contributed by atoms with van der Waals surface area (Å²) in [5.41, 5.74) is 2.58. The first kappa shape index (κ1) is 12.9. The predicted molar refractivity (Wildman–Crippen MR) is 63.6 cm³/mol. The molecule has 0 amide bonds. The second kappa shape index (κ2) is 5.41. The Bertz CT molecular complexity index is 527. The number of nitrogens with one attached hydrogen (secondary N) is 1. The second-order valence-electron chi connectivity index (χ2n) is 4.11. The van der Waals surface area contributed by atoms with E-state index in [-0.39, 0.29) is 6.54 Å². The molecule has 2 aromatic heterocycles. The summed E-state index contributed by atoms with van der Waals surface area (Å²) in [4.78, 5) is 4.36. The van der Waals surface area contributed by atoms with Gasteiger partial charge >= 0.3 is 0 Å². The molecule has 2 aromatic rings. The lowest BCUT2D eigenvalue weighted by Gasteiger charge is -2.10. The van der Waals surface area contributed by atoms with E-state index in [4.69, 9.17) is 5.11 Å². The maximum Gasteiger partial charge on any atom is 0.265 e. The molecule has 0 saturated heterocycles. The molecular formula is C12H15F2N3O. The highest BCUT2D eigenvalue weighted by atomic mass is 19.3. The number of aryl methyl sites for hydroxylation is 1. The Morgan fingerprint density at radius 1 is 1.44 bits per heavy atom. The van der Waals surface area contributed by atoms with Gasteiger partial charge in [-0.3, -0.25) is 0 Å². The molecule has 0 radical (unpaired) electrons. The third kappa shape index (κ3) is 2.65. The molecule has 0 aliphatic heterocycles. The lowest BCUT2D eigenvalue weighted by Crippen LogP contribution is -2.32. The Balaban J connectivity index is 2.05. The summed E-state index contributed by atoms with van der Waals surface area (Å²) in [6, 6.07) is 5.65. The van der Waals surface area contributed by atoms with Crippen molar-refractivity contribution < 1.29 is 13.9 Å². The molecule has 4 nitrogen and oxygen atoms in total. The summed E-state index contributed by atoms with van der Waals surface area (Å²) in [6.45, 7) is 2.12. The van der Waals surface area contributed by atoms with Crippen molar-refractivity contribution in [1.29, 1.82) is 0 Å². The summed E-state index contributed by atoms with van der Waals surface area (Å²) in [7, 11) is 0. The SMILES string of the molecule is Cc1nc2ccccn2c1CNCC(O)C(F)F. The highest BCUT2D eigenvalue weighted by Crippen LogP contribution is 2.11. The molecule has 2 N–H and O–H groups in total. The van der Waals surface area contributed by atoms with Crippen molar-refractivity contribution >= 4 is 5.65 Å². The first-order chi connectivity index (χ1) is 8.59. The molecule has 0 saturated carbocycles. The van der Waals surface area contributed by atoms with Gasteiger partial charge in [0.05, 0.1) is 11.4 Å². The van der Waals surface area contributed by atoms with E-state index in [9.17, 15) is 8.78 Å². The van der Waals surface area contributed by atoms with Gasteiger partial charge in [-0.1, -0.05) is 6.07 Å². The van der Waals surface area contributed by atoms with Crippen LogP contribution >= 0.6 is 0 Å². The molecule has 0 spiro atoms. The van der Waals surface area contributed by atoms with Crippen molar-refractivity contribution in [2.45, 2.75) is 26.0 Å². The van der Waals surface area contributed by atoms with E-state index >= 15 is 0 Å². The largest absolute Gasteiger partial charge is 0.386 e. The van der Waals surface area contributed by atoms with Crippen molar-refractivity contribution in [3.63, 3.8) is 0 Å². The third-order valence-corrected chi connectivity index (χ3v) is 2.77. The van der Waals surface area contributed by atoms with Crippen LogP contribution in [0.3, 0.4) is 0 Å². The lowest BCUT2D eigenvalue weighted by molar-refractivity contribution is -0.00345. The number of imidazole rings is 1. The van der Waals surface area contributed by atoms with Crippen LogP contribution in [0.15, 0.2) is 24.4 Å². The zero-order valence-electron chi connectivity index (χ0n) is 9.98. The quantitative estimate of drug-likeness (QED) is 0.848. The minimum Gasteiger partial charge on any atom is -0.386 e. The van der Waals surface area contributed by atoms with Crippen molar-refractivity contribution in [2.24, 2.45) is 0 Å². The zero-order chi connectivity index (χ0) is 13.1. The van der Waals surface area contributed by atoms with Crippen LogP contribution in [0, 0.1) is 6.92 Å². The average molecular weight is 255 g/mol. The highest BCUT2D eigenvalue weighted by Gasteiger charge is 2.16.